The first-order valence-corrected chi connectivity index (χ1v) is 4.14. The highest BCUT2D eigenvalue weighted by molar-refractivity contribution is 8.01. The zero-order valence-corrected chi connectivity index (χ0v) is 6.94. The molecule has 1 aliphatic heterocycles. The Balaban J connectivity index is 2.70. The Morgan fingerprint density at radius 2 is 2.40 bits per heavy atom. The Morgan fingerprint density at radius 3 is 2.80 bits per heavy atom. The molecule has 0 amide bonds. The molecule has 0 atom stereocenters. The summed E-state index contributed by atoms with van der Waals surface area (Å²) in [6, 6.07) is 0. The normalized spacial score (nSPS) is 28.0. The first kappa shape index (κ1) is 7.72. The molecule has 0 aromatic carbocycles. The fourth-order valence-electron chi connectivity index (χ4n) is 0.820. The molecule has 0 unspecified atom stereocenters. The fraction of sp³-hybridized carbons (Fsp3) is 0.833. The maximum Gasteiger partial charge on any atom is 0.241 e. The van der Waals surface area contributed by atoms with Crippen LogP contribution in [0.1, 0.15) is 13.8 Å². The van der Waals surface area contributed by atoms with Gasteiger partial charge in [-0.05, 0) is 13.8 Å². The van der Waals surface area contributed by atoms with E-state index in [2.05, 4.69) is 5.16 Å². The predicted octanol–water partition coefficient (Wildman–Crippen LogP) is 1.32. The quantitative estimate of drug-likeness (QED) is 0.430. The molecule has 3 nitrogen and oxygen atoms in total. The second-order valence-electron chi connectivity index (χ2n) is 2.61. The number of rotatable bonds is 0. The molecule has 0 aromatic rings. The van der Waals surface area contributed by atoms with E-state index in [0.717, 1.165) is 5.75 Å². The molecule has 0 bridgehead atoms. The predicted molar refractivity (Wildman–Crippen MR) is 41.7 cm³/mol. The van der Waals surface area contributed by atoms with Crippen molar-refractivity contribution in [2.24, 2.45) is 5.16 Å². The zero-order chi connectivity index (χ0) is 7.61. The number of thioether (sulfide) groups is 1. The molecule has 1 N–H and O–H groups in total. The topological polar surface area (TPSA) is 41.8 Å². The maximum atomic E-state index is 8.48. The van der Waals surface area contributed by atoms with Gasteiger partial charge in [0.1, 0.15) is 0 Å². The summed E-state index contributed by atoms with van der Waals surface area (Å²) in [4.78, 5) is 0. The van der Waals surface area contributed by atoms with Crippen LogP contribution in [0.2, 0.25) is 0 Å². The van der Waals surface area contributed by atoms with E-state index in [1.807, 2.05) is 13.8 Å². The molecule has 58 valence electrons. The van der Waals surface area contributed by atoms with Gasteiger partial charge in [0.15, 0.2) is 0 Å². The molecule has 0 aliphatic carbocycles. The first-order valence-electron chi connectivity index (χ1n) is 3.16. The van der Waals surface area contributed by atoms with Gasteiger partial charge >= 0.3 is 0 Å². The molecule has 0 radical (unpaired) electrons. The van der Waals surface area contributed by atoms with Gasteiger partial charge in [-0.3, -0.25) is 0 Å². The van der Waals surface area contributed by atoms with E-state index < -0.39 is 0 Å². The van der Waals surface area contributed by atoms with Crippen LogP contribution in [-0.2, 0) is 4.74 Å². The fourth-order valence-corrected chi connectivity index (χ4v) is 1.72. The minimum absolute atomic E-state index is 0.160. The van der Waals surface area contributed by atoms with Crippen LogP contribution in [0.4, 0.5) is 0 Å². The summed E-state index contributed by atoms with van der Waals surface area (Å²) in [5.41, 5.74) is 0. The van der Waals surface area contributed by atoms with Crippen molar-refractivity contribution in [1.82, 2.24) is 0 Å². The molecule has 1 rings (SSSR count). The smallest absolute Gasteiger partial charge is 0.241 e. The van der Waals surface area contributed by atoms with Gasteiger partial charge in [-0.15, -0.1) is 11.8 Å². The van der Waals surface area contributed by atoms with E-state index in [-0.39, 0.29) is 4.75 Å². The molecular weight excluding hydrogens is 150 g/mol. The summed E-state index contributed by atoms with van der Waals surface area (Å²) in [5.74, 6) is 1.40. The number of hydrogen-bond donors (Lipinski definition) is 1. The Labute approximate surface area is 64.4 Å². The van der Waals surface area contributed by atoms with Gasteiger partial charge in [0.05, 0.1) is 11.4 Å². The standard InChI is InChI=1S/C6H11NO2S/c1-6(2)5(7-8)9-3-4-10-6/h8H,3-4H2,1-2H3/b7-5-. The molecule has 0 spiro atoms. The third-order valence-corrected chi connectivity index (χ3v) is 2.66. The van der Waals surface area contributed by atoms with Crippen molar-refractivity contribution in [2.75, 3.05) is 12.4 Å². The van der Waals surface area contributed by atoms with Crippen molar-refractivity contribution >= 4 is 17.7 Å². The monoisotopic (exact) mass is 161 g/mol. The van der Waals surface area contributed by atoms with Gasteiger partial charge < -0.3 is 9.94 Å². The van der Waals surface area contributed by atoms with Crippen LogP contribution in [0.3, 0.4) is 0 Å². The lowest BCUT2D eigenvalue weighted by atomic mass is 10.2. The summed E-state index contributed by atoms with van der Waals surface area (Å²) >= 11 is 1.74. The summed E-state index contributed by atoms with van der Waals surface area (Å²) in [6.07, 6.45) is 0. The van der Waals surface area contributed by atoms with Gasteiger partial charge in [-0.1, -0.05) is 5.16 Å². The number of ether oxygens (including phenoxy) is 1. The van der Waals surface area contributed by atoms with Crippen LogP contribution in [0.5, 0.6) is 0 Å². The van der Waals surface area contributed by atoms with Gasteiger partial charge in [-0.2, -0.15) is 0 Å². The zero-order valence-electron chi connectivity index (χ0n) is 6.13. The average Bonchev–Trinajstić information content (AvgIpc) is 1.87. The lowest BCUT2D eigenvalue weighted by Gasteiger charge is -2.28. The van der Waals surface area contributed by atoms with Gasteiger partial charge in [-0.25, -0.2) is 0 Å². The van der Waals surface area contributed by atoms with E-state index in [1.165, 1.54) is 0 Å². The summed E-state index contributed by atoms with van der Waals surface area (Å²) in [6.45, 7) is 4.60. The van der Waals surface area contributed by atoms with Crippen molar-refractivity contribution in [2.45, 2.75) is 18.6 Å². The molecule has 10 heavy (non-hydrogen) atoms. The van der Waals surface area contributed by atoms with E-state index in [1.54, 1.807) is 11.8 Å². The summed E-state index contributed by atoms with van der Waals surface area (Å²) < 4.78 is 4.96. The van der Waals surface area contributed by atoms with Crippen LogP contribution in [0.15, 0.2) is 5.16 Å². The van der Waals surface area contributed by atoms with E-state index in [9.17, 15) is 0 Å². The van der Waals surface area contributed by atoms with Crippen molar-refractivity contribution < 1.29 is 9.94 Å². The molecule has 1 heterocycles. The van der Waals surface area contributed by atoms with E-state index >= 15 is 0 Å². The highest BCUT2D eigenvalue weighted by Gasteiger charge is 2.31. The third kappa shape index (κ3) is 1.37. The van der Waals surface area contributed by atoms with Crippen LogP contribution >= 0.6 is 11.8 Å². The number of nitrogens with zero attached hydrogens (tertiary/aromatic N) is 1. The summed E-state index contributed by atoms with van der Waals surface area (Å²) in [7, 11) is 0. The van der Waals surface area contributed by atoms with Crippen LogP contribution in [0, 0.1) is 0 Å². The van der Waals surface area contributed by atoms with Crippen molar-refractivity contribution in [3.63, 3.8) is 0 Å². The maximum absolute atomic E-state index is 8.48. The van der Waals surface area contributed by atoms with E-state index in [0.29, 0.717) is 12.5 Å². The van der Waals surface area contributed by atoms with Crippen LogP contribution in [-0.4, -0.2) is 28.2 Å². The Kier molecular flexibility index (Phi) is 2.08. The van der Waals surface area contributed by atoms with Crippen molar-refractivity contribution in [3.05, 3.63) is 0 Å². The van der Waals surface area contributed by atoms with Gasteiger partial charge in [0.25, 0.3) is 0 Å². The van der Waals surface area contributed by atoms with Crippen molar-refractivity contribution in [1.29, 1.82) is 0 Å². The van der Waals surface area contributed by atoms with Gasteiger partial charge in [0.2, 0.25) is 5.90 Å². The number of oxime groups is 1. The lowest BCUT2D eigenvalue weighted by molar-refractivity contribution is 0.250. The molecule has 4 heteroatoms. The molecule has 1 saturated heterocycles. The Morgan fingerprint density at radius 1 is 1.70 bits per heavy atom. The van der Waals surface area contributed by atoms with Gasteiger partial charge in [0, 0.05) is 5.75 Å². The number of hydrogen-bond acceptors (Lipinski definition) is 4. The average molecular weight is 161 g/mol. The highest BCUT2D eigenvalue weighted by Crippen LogP contribution is 2.29. The Hall–Kier alpha value is -0.380. The molecule has 1 aliphatic rings. The SMILES string of the molecule is CC1(C)SCCO/C1=N\O. The molecule has 0 aromatic heterocycles. The Bertz CT molecular complexity index is 156. The largest absolute Gasteiger partial charge is 0.477 e. The first-order chi connectivity index (χ1) is 4.67. The van der Waals surface area contributed by atoms with E-state index in [4.69, 9.17) is 9.94 Å². The second kappa shape index (κ2) is 2.70. The van der Waals surface area contributed by atoms with Crippen LogP contribution < -0.4 is 0 Å². The lowest BCUT2D eigenvalue weighted by Crippen LogP contribution is -2.35. The minimum Gasteiger partial charge on any atom is -0.477 e. The van der Waals surface area contributed by atoms with Crippen LogP contribution in [0.25, 0.3) is 0 Å². The molecular formula is C6H11NO2S. The highest BCUT2D eigenvalue weighted by atomic mass is 32.2. The summed E-state index contributed by atoms with van der Waals surface area (Å²) in [5, 5.41) is 11.6. The molecule has 1 fully saturated rings. The minimum atomic E-state index is -0.160. The third-order valence-electron chi connectivity index (χ3n) is 1.39. The molecule has 0 saturated carbocycles. The van der Waals surface area contributed by atoms with Crippen molar-refractivity contribution in [3.8, 4) is 0 Å². The second-order valence-corrected chi connectivity index (χ2v) is 4.33.